The van der Waals surface area contributed by atoms with Crippen molar-refractivity contribution >= 4 is 31.5 Å². The van der Waals surface area contributed by atoms with E-state index in [1.807, 2.05) is 0 Å². The van der Waals surface area contributed by atoms with Crippen molar-refractivity contribution in [3.63, 3.8) is 0 Å². The number of benzene rings is 1. The van der Waals surface area contributed by atoms with E-state index in [1.54, 1.807) is 30.6 Å². The van der Waals surface area contributed by atoms with Gasteiger partial charge in [0.05, 0.1) is 18.2 Å². The van der Waals surface area contributed by atoms with Crippen LogP contribution in [-0.4, -0.2) is 20.7 Å². The normalized spacial score (nSPS) is 15.1. The second-order valence-corrected chi connectivity index (χ2v) is 6.19. The van der Waals surface area contributed by atoms with Crippen molar-refractivity contribution < 1.29 is 13.3 Å². The van der Waals surface area contributed by atoms with E-state index in [2.05, 4.69) is 21.4 Å². The van der Waals surface area contributed by atoms with E-state index in [1.165, 1.54) is 18.3 Å². The molecule has 0 unspecified atom stereocenters. The van der Waals surface area contributed by atoms with Crippen LogP contribution >= 0.6 is 15.9 Å². The zero-order chi connectivity index (χ0) is 14.0. The zero-order valence-electron chi connectivity index (χ0n) is 10.00. The molecule has 8 heteroatoms. The van der Waals surface area contributed by atoms with Gasteiger partial charge in [-0.15, -0.1) is 0 Å². The molecular weight excluding hydrogens is 334 g/mol. The number of hydrogen-bond acceptors (Lipinski definition) is 5. The zero-order valence-corrected chi connectivity index (χ0v) is 12.4. The van der Waals surface area contributed by atoms with Gasteiger partial charge in [0.25, 0.3) is 0 Å². The molecule has 1 aromatic rings. The summed E-state index contributed by atoms with van der Waals surface area (Å²) in [7, 11) is -2.33. The first kappa shape index (κ1) is 14.1. The van der Waals surface area contributed by atoms with Crippen LogP contribution in [0.1, 0.15) is 5.56 Å². The Kier molecular flexibility index (Phi) is 3.95. The number of sulfonamides is 1. The van der Waals surface area contributed by atoms with Crippen molar-refractivity contribution in [3.05, 3.63) is 46.7 Å². The van der Waals surface area contributed by atoms with Gasteiger partial charge in [-0.25, -0.2) is 13.6 Å². The van der Waals surface area contributed by atoms with Crippen molar-refractivity contribution in [2.45, 2.75) is 4.90 Å². The highest BCUT2D eigenvalue weighted by molar-refractivity contribution is 9.10. The molecule has 6 nitrogen and oxygen atoms in total. The SMILES string of the molecule is CON1C=C(c2ccc(Br)cc2S(N)(=O)=O)C=CN1. The summed E-state index contributed by atoms with van der Waals surface area (Å²) >= 11 is 3.23. The predicted molar refractivity (Wildman–Crippen MR) is 74.6 cm³/mol. The van der Waals surface area contributed by atoms with Gasteiger partial charge in [-0.1, -0.05) is 22.0 Å². The summed E-state index contributed by atoms with van der Waals surface area (Å²) in [5.41, 5.74) is 3.97. The van der Waals surface area contributed by atoms with Gasteiger partial charge in [0.1, 0.15) is 0 Å². The Bertz CT molecular complexity index is 655. The van der Waals surface area contributed by atoms with Crippen LogP contribution in [0.25, 0.3) is 5.57 Å². The molecule has 0 atom stereocenters. The Balaban J connectivity index is 2.57. The third kappa shape index (κ3) is 3.16. The molecule has 2 rings (SSSR count). The fraction of sp³-hybridized carbons (Fsp3) is 0.0909. The molecule has 0 spiro atoms. The molecule has 3 N–H and O–H groups in total. The molecule has 0 radical (unpaired) electrons. The first-order chi connectivity index (χ1) is 8.91. The average molecular weight is 346 g/mol. The summed E-state index contributed by atoms with van der Waals surface area (Å²) in [5.74, 6) is 0. The van der Waals surface area contributed by atoms with E-state index in [-0.39, 0.29) is 4.90 Å². The highest BCUT2D eigenvalue weighted by Gasteiger charge is 2.18. The Labute approximate surface area is 119 Å². The summed E-state index contributed by atoms with van der Waals surface area (Å²) in [4.78, 5) is 5.05. The minimum atomic E-state index is -3.81. The number of allylic oxidation sites excluding steroid dienone is 2. The molecule has 102 valence electrons. The van der Waals surface area contributed by atoms with Gasteiger partial charge in [0.2, 0.25) is 10.0 Å². The van der Waals surface area contributed by atoms with Crippen LogP contribution in [0.4, 0.5) is 0 Å². The topological polar surface area (TPSA) is 84.7 Å². The maximum atomic E-state index is 11.6. The van der Waals surface area contributed by atoms with Crippen molar-refractivity contribution in [3.8, 4) is 0 Å². The Hall–Kier alpha value is -1.35. The molecule has 1 heterocycles. The number of primary sulfonamides is 1. The van der Waals surface area contributed by atoms with Gasteiger partial charge in [0, 0.05) is 21.8 Å². The molecule has 0 aromatic heterocycles. The van der Waals surface area contributed by atoms with Crippen molar-refractivity contribution in [2.75, 3.05) is 7.11 Å². The van der Waals surface area contributed by atoms with Gasteiger partial charge in [0.15, 0.2) is 0 Å². The van der Waals surface area contributed by atoms with E-state index in [0.717, 1.165) is 0 Å². The molecule has 1 aromatic carbocycles. The molecule has 1 aliphatic rings. The molecule has 0 saturated heterocycles. The molecule has 0 fully saturated rings. The van der Waals surface area contributed by atoms with Crippen molar-refractivity contribution in [1.29, 1.82) is 0 Å². The lowest BCUT2D eigenvalue weighted by Gasteiger charge is -2.22. The van der Waals surface area contributed by atoms with Gasteiger partial charge >= 0.3 is 0 Å². The summed E-state index contributed by atoms with van der Waals surface area (Å²) in [5, 5.41) is 6.59. The van der Waals surface area contributed by atoms with Crippen LogP contribution in [0.3, 0.4) is 0 Å². The van der Waals surface area contributed by atoms with Crippen LogP contribution in [0.5, 0.6) is 0 Å². The number of hydrazine groups is 1. The fourth-order valence-corrected chi connectivity index (χ4v) is 2.94. The molecule has 0 aliphatic carbocycles. The van der Waals surface area contributed by atoms with Crippen molar-refractivity contribution in [2.24, 2.45) is 5.14 Å². The van der Waals surface area contributed by atoms with E-state index >= 15 is 0 Å². The fourth-order valence-electron chi connectivity index (χ4n) is 1.64. The third-order valence-corrected chi connectivity index (χ3v) is 3.92. The van der Waals surface area contributed by atoms with E-state index in [0.29, 0.717) is 15.6 Å². The average Bonchev–Trinajstić information content (AvgIpc) is 2.37. The highest BCUT2D eigenvalue weighted by atomic mass is 79.9. The summed E-state index contributed by atoms with van der Waals surface area (Å²) in [6.45, 7) is 0. The van der Waals surface area contributed by atoms with E-state index in [9.17, 15) is 8.42 Å². The lowest BCUT2D eigenvalue weighted by atomic mass is 10.1. The van der Waals surface area contributed by atoms with Gasteiger partial charge in [-0.3, -0.25) is 10.3 Å². The molecule has 1 aliphatic heterocycles. The molecule has 0 saturated carbocycles. The number of halogens is 1. The van der Waals surface area contributed by atoms with Crippen LogP contribution < -0.4 is 10.6 Å². The number of rotatable bonds is 3. The van der Waals surface area contributed by atoms with Crippen LogP contribution in [0.15, 0.2) is 46.0 Å². The van der Waals surface area contributed by atoms with Gasteiger partial charge in [-0.05, 0) is 18.2 Å². The smallest absolute Gasteiger partial charge is 0.238 e. The number of nitrogens with one attached hydrogen (secondary N) is 1. The number of hydrogen-bond donors (Lipinski definition) is 2. The second kappa shape index (κ2) is 5.33. The van der Waals surface area contributed by atoms with Crippen LogP contribution in [0, 0.1) is 0 Å². The molecule has 0 bridgehead atoms. The summed E-state index contributed by atoms with van der Waals surface area (Å²) < 4.78 is 23.9. The van der Waals surface area contributed by atoms with Gasteiger partial charge in [-0.2, -0.15) is 5.17 Å². The minimum Gasteiger partial charge on any atom is -0.282 e. The molecular formula is C11H12BrN3O3S. The lowest BCUT2D eigenvalue weighted by Crippen LogP contribution is -2.30. The lowest BCUT2D eigenvalue weighted by molar-refractivity contribution is -0.117. The summed E-state index contributed by atoms with van der Waals surface area (Å²) in [6.07, 6.45) is 4.99. The monoisotopic (exact) mass is 345 g/mol. The Morgan fingerprint density at radius 2 is 2.16 bits per heavy atom. The number of nitrogens with zero attached hydrogens (tertiary/aromatic N) is 1. The Morgan fingerprint density at radius 3 is 2.79 bits per heavy atom. The largest absolute Gasteiger partial charge is 0.282 e. The van der Waals surface area contributed by atoms with E-state index < -0.39 is 10.0 Å². The molecule has 0 amide bonds. The maximum Gasteiger partial charge on any atom is 0.238 e. The third-order valence-electron chi connectivity index (χ3n) is 2.48. The minimum absolute atomic E-state index is 0.0516. The van der Waals surface area contributed by atoms with E-state index in [4.69, 9.17) is 9.98 Å². The second-order valence-electron chi connectivity index (χ2n) is 3.74. The first-order valence-electron chi connectivity index (χ1n) is 5.22. The number of hydroxylamine groups is 1. The van der Waals surface area contributed by atoms with Crippen LogP contribution in [0.2, 0.25) is 0 Å². The predicted octanol–water partition coefficient (Wildman–Crippen LogP) is 1.33. The molecule has 19 heavy (non-hydrogen) atoms. The Morgan fingerprint density at radius 1 is 1.42 bits per heavy atom. The quantitative estimate of drug-likeness (QED) is 0.863. The maximum absolute atomic E-state index is 11.6. The van der Waals surface area contributed by atoms with Crippen molar-refractivity contribution in [1.82, 2.24) is 10.6 Å². The highest BCUT2D eigenvalue weighted by Crippen LogP contribution is 2.28. The number of nitrogens with two attached hydrogens (primary N) is 1. The van der Waals surface area contributed by atoms with Crippen LogP contribution in [-0.2, 0) is 14.9 Å². The summed E-state index contributed by atoms with van der Waals surface area (Å²) in [6, 6.07) is 4.90. The van der Waals surface area contributed by atoms with Gasteiger partial charge < -0.3 is 0 Å². The standard InChI is InChI=1S/C11H12BrN3O3S/c1-18-15-7-8(4-5-14-15)10-3-2-9(12)6-11(10)19(13,16)17/h2-7,14H,1H3,(H2,13,16,17). The first-order valence-corrected chi connectivity index (χ1v) is 7.56.